The van der Waals surface area contributed by atoms with Crippen molar-refractivity contribution in [2.75, 3.05) is 5.32 Å². The van der Waals surface area contributed by atoms with Crippen molar-refractivity contribution in [1.82, 2.24) is 5.43 Å². The maximum absolute atomic E-state index is 12.2. The smallest absolute Gasteiger partial charge is 0.343 e. The van der Waals surface area contributed by atoms with Crippen molar-refractivity contribution < 1.29 is 19.1 Å². The van der Waals surface area contributed by atoms with E-state index in [1.165, 1.54) is 6.21 Å². The SMILES string of the molecule is O=C(NN=Cc1cccc(OC(=O)c2ccc(Cl)cc2)c1)C(=O)Nc1ccccc1. The van der Waals surface area contributed by atoms with E-state index in [0.29, 0.717) is 27.6 Å². The fraction of sp³-hybridized carbons (Fsp3) is 0. The number of carbonyl (C=O) groups excluding carboxylic acids is 3. The van der Waals surface area contributed by atoms with Gasteiger partial charge in [-0.15, -0.1) is 0 Å². The molecule has 150 valence electrons. The van der Waals surface area contributed by atoms with Gasteiger partial charge in [0, 0.05) is 10.7 Å². The van der Waals surface area contributed by atoms with Crippen LogP contribution in [0.2, 0.25) is 5.02 Å². The van der Waals surface area contributed by atoms with E-state index in [2.05, 4.69) is 15.8 Å². The summed E-state index contributed by atoms with van der Waals surface area (Å²) in [6, 6.07) is 21.4. The molecule has 30 heavy (non-hydrogen) atoms. The van der Waals surface area contributed by atoms with Gasteiger partial charge in [-0.1, -0.05) is 41.9 Å². The van der Waals surface area contributed by atoms with Gasteiger partial charge in [-0.3, -0.25) is 9.59 Å². The molecule has 0 spiro atoms. The fourth-order valence-corrected chi connectivity index (χ4v) is 2.46. The number of rotatable bonds is 5. The Morgan fingerprint density at radius 2 is 1.60 bits per heavy atom. The molecule has 2 N–H and O–H groups in total. The van der Waals surface area contributed by atoms with Gasteiger partial charge < -0.3 is 10.1 Å². The van der Waals surface area contributed by atoms with Crippen molar-refractivity contribution >= 4 is 41.3 Å². The summed E-state index contributed by atoms with van der Waals surface area (Å²) in [4.78, 5) is 35.8. The Morgan fingerprint density at radius 1 is 0.867 bits per heavy atom. The summed E-state index contributed by atoms with van der Waals surface area (Å²) in [5, 5.41) is 6.72. The van der Waals surface area contributed by atoms with Crippen LogP contribution < -0.4 is 15.5 Å². The van der Waals surface area contributed by atoms with Gasteiger partial charge >= 0.3 is 17.8 Å². The van der Waals surface area contributed by atoms with Gasteiger partial charge in [0.25, 0.3) is 0 Å². The van der Waals surface area contributed by atoms with Gasteiger partial charge in [0.1, 0.15) is 5.75 Å². The fourth-order valence-electron chi connectivity index (χ4n) is 2.34. The normalized spacial score (nSPS) is 10.4. The van der Waals surface area contributed by atoms with E-state index in [4.69, 9.17) is 16.3 Å². The second-order valence-electron chi connectivity index (χ2n) is 5.99. The van der Waals surface area contributed by atoms with Crippen molar-refractivity contribution in [3.63, 3.8) is 0 Å². The molecule has 0 saturated heterocycles. The molecule has 8 heteroatoms. The third kappa shape index (κ3) is 6.02. The molecule has 0 aliphatic rings. The molecule has 3 aromatic rings. The first kappa shape index (κ1) is 20.8. The molecule has 2 amide bonds. The average molecular weight is 422 g/mol. The van der Waals surface area contributed by atoms with Crippen LogP contribution in [-0.2, 0) is 9.59 Å². The maximum Gasteiger partial charge on any atom is 0.343 e. The molecule has 0 heterocycles. The summed E-state index contributed by atoms with van der Waals surface area (Å²) in [5.74, 6) is -2.00. The first-order valence-electron chi connectivity index (χ1n) is 8.78. The summed E-state index contributed by atoms with van der Waals surface area (Å²) >= 11 is 5.81. The van der Waals surface area contributed by atoms with E-state index in [-0.39, 0.29) is 0 Å². The monoisotopic (exact) mass is 421 g/mol. The zero-order valence-electron chi connectivity index (χ0n) is 15.5. The van der Waals surface area contributed by atoms with E-state index >= 15 is 0 Å². The van der Waals surface area contributed by atoms with Gasteiger partial charge in [-0.05, 0) is 54.1 Å². The molecule has 0 aliphatic carbocycles. The van der Waals surface area contributed by atoms with E-state index in [0.717, 1.165) is 0 Å². The van der Waals surface area contributed by atoms with Crippen molar-refractivity contribution in [3.05, 3.63) is 95.0 Å². The number of halogens is 1. The molecule has 7 nitrogen and oxygen atoms in total. The lowest BCUT2D eigenvalue weighted by Gasteiger charge is -2.05. The minimum absolute atomic E-state index is 0.298. The first-order chi connectivity index (χ1) is 14.5. The predicted octanol–water partition coefficient (Wildman–Crippen LogP) is 3.65. The summed E-state index contributed by atoms with van der Waals surface area (Å²) in [7, 11) is 0. The van der Waals surface area contributed by atoms with Crippen molar-refractivity contribution in [2.45, 2.75) is 0 Å². The van der Waals surface area contributed by atoms with E-state index in [9.17, 15) is 14.4 Å². The highest BCUT2D eigenvalue weighted by molar-refractivity contribution is 6.39. The third-order valence-corrected chi connectivity index (χ3v) is 4.02. The number of hydrazone groups is 1. The van der Waals surface area contributed by atoms with Gasteiger partial charge in [-0.2, -0.15) is 5.10 Å². The molecule has 0 aromatic heterocycles. The molecule has 0 bridgehead atoms. The quantitative estimate of drug-likeness (QED) is 0.216. The lowest BCUT2D eigenvalue weighted by Crippen LogP contribution is -2.32. The minimum atomic E-state index is -0.916. The summed E-state index contributed by atoms with van der Waals surface area (Å²) < 4.78 is 5.32. The van der Waals surface area contributed by atoms with Crippen LogP contribution in [0.4, 0.5) is 5.69 Å². The van der Waals surface area contributed by atoms with E-state index in [1.807, 2.05) is 0 Å². The molecular weight excluding hydrogens is 406 g/mol. The maximum atomic E-state index is 12.2. The Hall–Kier alpha value is -3.97. The van der Waals surface area contributed by atoms with Gasteiger partial charge in [0.15, 0.2) is 0 Å². The number of anilines is 1. The lowest BCUT2D eigenvalue weighted by atomic mass is 10.2. The van der Waals surface area contributed by atoms with Crippen LogP contribution in [0.1, 0.15) is 15.9 Å². The number of benzene rings is 3. The van der Waals surface area contributed by atoms with Crippen LogP contribution in [0.25, 0.3) is 0 Å². The van der Waals surface area contributed by atoms with Gasteiger partial charge in [0.2, 0.25) is 0 Å². The second-order valence-corrected chi connectivity index (χ2v) is 6.42. The zero-order valence-corrected chi connectivity index (χ0v) is 16.3. The number of hydrogen-bond donors (Lipinski definition) is 2. The van der Waals surface area contributed by atoms with Gasteiger partial charge in [0.05, 0.1) is 11.8 Å². The van der Waals surface area contributed by atoms with Crippen LogP contribution in [0, 0.1) is 0 Å². The van der Waals surface area contributed by atoms with E-state index in [1.54, 1.807) is 78.9 Å². The van der Waals surface area contributed by atoms with Crippen LogP contribution >= 0.6 is 11.6 Å². The van der Waals surface area contributed by atoms with Crippen LogP contribution in [-0.4, -0.2) is 24.0 Å². The van der Waals surface area contributed by atoms with Crippen LogP contribution in [0.15, 0.2) is 84.0 Å². The molecule has 3 rings (SSSR count). The first-order valence-corrected chi connectivity index (χ1v) is 9.16. The highest BCUT2D eigenvalue weighted by atomic mass is 35.5. The number of nitrogens with zero attached hydrogens (tertiary/aromatic N) is 1. The Morgan fingerprint density at radius 3 is 2.33 bits per heavy atom. The highest BCUT2D eigenvalue weighted by Gasteiger charge is 2.12. The number of esters is 1. The average Bonchev–Trinajstić information content (AvgIpc) is 2.75. The zero-order chi connectivity index (χ0) is 21.3. The third-order valence-electron chi connectivity index (χ3n) is 3.77. The molecule has 3 aromatic carbocycles. The largest absolute Gasteiger partial charge is 0.423 e. The number of nitrogens with one attached hydrogen (secondary N) is 2. The molecule has 0 aliphatic heterocycles. The lowest BCUT2D eigenvalue weighted by molar-refractivity contribution is -0.136. The van der Waals surface area contributed by atoms with Crippen molar-refractivity contribution in [2.24, 2.45) is 5.10 Å². The molecule has 0 saturated carbocycles. The Labute approximate surface area is 177 Å². The molecule has 0 radical (unpaired) electrons. The minimum Gasteiger partial charge on any atom is -0.423 e. The van der Waals surface area contributed by atoms with Crippen molar-refractivity contribution in [3.8, 4) is 5.75 Å². The van der Waals surface area contributed by atoms with Crippen LogP contribution in [0.5, 0.6) is 5.75 Å². The van der Waals surface area contributed by atoms with Crippen LogP contribution in [0.3, 0.4) is 0 Å². The van der Waals surface area contributed by atoms with Gasteiger partial charge in [-0.25, -0.2) is 10.2 Å². The predicted molar refractivity (Wildman–Crippen MR) is 114 cm³/mol. The highest BCUT2D eigenvalue weighted by Crippen LogP contribution is 2.16. The van der Waals surface area contributed by atoms with Crippen molar-refractivity contribution in [1.29, 1.82) is 0 Å². The number of carbonyl (C=O) groups is 3. The molecule has 0 unspecified atom stereocenters. The number of ether oxygens (including phenoxy) is 1. The number of para-hydroxylation sites is 1. The summed E-state index contributed by atoms with van der Waals surface area (Å²) in [6.07, 6.45) is 1.33. The molecule has 0 atom stereocenters. The summed E-state index contributed by atoms with van der Waals surface area (Å²) in [5.41, 5.74) is 3.55. The van der Waals surface area contributed by atoms with E-state index < -0.39 is 17.8 Å². The summed E-state index contributed by atoms with van der Waals surface area (Å²) in [6.45, 7) is 0. The second kappa shape index (κ2) is 9.99. The molecular formula is C22H16ClN3O4. The topological polar surface area (TPSA) is 96.9 Å². The number of hydrogen-bond acceptors (Lipinski definition) is 5. The molecule has 0 fully saturated rings. The Balaban J connectivity index is 1.56. The Bertz CT molecular complexity index is 1080. The standard InChI is InChI=1S/C22H16ClN3O4/c23-17-11-9-16(10-12-17)22(29)30-19-8-4-5-15(13-19)14-24-26-21(28)20(27)25-18-6-2-1-3-7-18/h1-14H,(H,25,27)(H,26,28). The Kier molecular flexibility index (Phi) is 6.91. The number of amides is 2.